The van der Waals surface area contributed by atoms with Crippen LogP contribution in [0.15, 0.2) is 218 Å². The van der Waals surface area contributed by atoms with Gasteiger partial charge in [-0.25, -0.2) is 0 Å². The molecule has 6 heterocycles. The molecular weight excluding hydrogens is 1860 g/mol. The van der Waals surface area contributed by atoms with Crippen molar-refractivity contribution in [1.82, 2.24) is 29.4 Å². The molecule has 0 unspecified atom stereocenters. The SMILES string of the molecule is CO.CO.CO.CO.O=C([O-])CCN1C(=O)c2cccc3cccc(c23)C1=O.O=C([O-])CCN1C(=O)c2cccc3cccc(c23)C1=O.O=C([O-])CCN1C(=O)c2cccc3cccc(c23)C1=O.O=C([O-])CCN1C(=O)c2cccc3cccc(c23)C1=O.O=C([O-])CCN1C(=O)c2cccc3cccc(c23)C1=O.O=C([O-])CCN1C(=O)c2cccc3cccc(c23)C1=O.[Zn+2].[Zn+2].[Zn+2]. The van der Waals surface area contributed by atoms with Crippen molar-refractivity contribution in [3.8, 4) is 0 Å². The fourth-order valence-corrected chi connectivity index (χ4v) is 14.9. The van der Waals surface area contributed by atoms with Crippen LogP contribution in [0.5, 0.6) is 0 Å². The maximum absolute atomic E-state index is 12.3. The van der Waals surface area contributed by atoms with Crippen LogP contribution < -0.4 is 30.6 Å². The van der Waals surface area contributed by atoms with Gasteiger partial charge in [0.1, 0.15) is 0 Å². The minimum Gasteiger partial charge on any atom is -0.550 e. The molecule has 0 aliphatic carbocycles. The van der Waals surface area contributed by atoms with Crippen molar-refractivity contribution in [2.75, 3.05) is 67.7 Å². The van der Waals surface area contributed by atoms with Crippen molar-refractivity contribution in [2.24, 2.45) is 0 Å². The minimum atomic E-state index is -1.29. The summed E-state index contributed by atoms with van der Waals surface area (Å²) in [5, 5.41) is 99.9. The zero-order valence-corrected chi connectivity index (χ0v) is 79.6. The number of carbonyl (C=O) groups is 18. The van der Waals surface area contributed by atoms with Crippen LogP contribution in [0.1, 0.15) is 163 Å². The number of nitrogens with zero attached hydrogens (tertiary/aromatic N) is 6. The zero-order chi connectivity index (χ0) is 93.7. The molecule has 6 aliphatic rings. The van der Waals surface area contributed by atoms with Gasteiger partial charge in [-0.15, -0.1) is 0 Å². The number of aliphatic carboxylic acids is 6. The second kappa shape index (κ2) is 48.1. The summed E-state index contributed by atoms with van der Waals surface area (Å²) in [6.45, 7) is -1.06. The molecule has 4 N–H and O–H groups in total. The molecule has 12 aromatic rings. The number of benzene rings is 12. The summed E-state index contributed by atoms with van der Waals surface area (Å²) in [6.07, 6.45) is -2.19. The average Bonchev–Trinajstić information content (AvgIpc) is 0.782. The van der Waals surface area contributed by atoms with E-state index in [1.54, 1.807) is 146 Å². The van der Waals surface area contributed by atoms with Crippen LogP contribution in [0.3, 0.4) is 0 Å². The van der Waals surface area contributed by atoms with Gasteiger partial charge in [0.2, 0.25) is 0 Å². The fourth-order valence-electron chi connectivity index (χ4n) is 14.9. The fraction of sp³-hybridized carbons (Fsp3) is 0.170. The molecule has 0 aromatic heterocycles. The van der Waals surface area contributed by atoms with Crippen LogP contribution in [0.4, 0.5) is 0 Å². The van der Waals surface area contributed by atoms with Gasteiger partial charge in [0.25, 0.3) is 70.9 Å². The van der Waals surface area contributed by atoms with Crippen molar-refractivity contribution in [1.29, 1.82) is 0 Å². The first kappa shape index (κ1) is 105. The Balaban J connectivity index is 0.000000237. The number of carbonyl (C=O) groups excluding carboxylic acids is 18. The number of carboxylic acid groups (broad SMARTS) is 6. The molecule has 0 fully saturated rings. The Hall–Kier alpha value is -14.4. The molecule has 0 bridgehead atoms. The van der Waals surface area contributed by atoms with E-state index >= 15 is 0 Å². The molecule has 34 nitrogen and oxygen atoms in total. The van der Waals surface area contributed by atoms with Crippen LogP contribution in [0.25, 0.3) is 64.6 Å². The van der Waals surface area contributed by atoms with Gasteiger partial charge in [-0.3, -0.25) is 86.9 Å². The van der Waals surface area contributed by atoms with E-state index in [4.69, 9.17) is 20.4 Å². The minimum absolute atomic E-state index is 0. The Morgan fingerprint density at radius 1 is 0.183 bits per heavy atom. The quantitative estimate of drug-likeness (QED) is 0.0703. The predicted octanol–water partition coefficient (Wildman–Crippen LogP) is 1.88. The summed E-state index contributed by atoms with van der Waals surface area (Å²) in [4.78, 5) is 217. The van der Waals surface area contributed by atoms with Crippen molar-refractivity contribution < 1.29 is 196 Å². The monoisotopic (exact) mass is 1930 g/mol. The predicted molar refractivity (Wildman–Crippen MR) is 446 cm³/mol. The number of imide groups is 6. The van der Waals surface area contributed by atoms with E-state index in [0.29, 0.717) is 99.1 Å². The molecule has 0 atom stereocenters. The van der Waals surface area contributed by atoms with Crippen LogP contribution in [0, 0.1) is 0 Å². The van der Waals surface area contributed by atoms with Gasteiger partial charge in [-0.2, -0.15) is 0 Å². The normalized spacial score (nSPS) is 12.9. The third-order valence-electron chi connectivity index (χ3n) is 20.4. The van der Waals surface area contributed by atoms with Crippen LogP contribution in [-0.4, -0.2) is 224 Å². The first-order valence-corrected chi connectivity index (χ1v) is 38.8. The van der Waals surface area contributed by atoms with Gasteiger partial charge in [0.05, 0.1) is 0 Å². The molecular formula is C94H76N6O28Zn3. The van der Waals surface area contributed by atoms with E-state index in [1.807, 2.05) is 72.8 Å². The Bertz CT molecular complexity index is 5230. The van der Waals surface area contributed by atoms with E-state index in [0.717, 1.165) is 90.2 Å². The maximum Gasteiger partial charge on any atom is 2.00 e. The standard InChI is InChI=1S/6C15H11NO4.4CH4O.3Zn/c6*17-12(18)7-8-16-14(19)10-5-1-3-9-4-2-6-11(13(9)10)15(16)20;4*1-2;;;/h6*1-6H,7-8H2,(H,17,18);4*2H,1H3;;;/q;;;;;;;;;;3*+2/p-6. The number of amides is 12. The van der Waals surface area contributed by atoms with Gasteiger partial charge < -0.3 is 79.8 Å². The summed E-state index contributed by atoms with van der Waals surface area (Å²) in [5.41, 5.74) is 5.12. The summed E-state index contributed by atoms with van der Waals surface area (Å²) in [6, 6.07) is 62.6. The van der Waals surface area contributed by atoms with E-state index in [-0.39, 0.29) is 136 Å². The molecule has 6 aliphatic heterocycles. The van der Waals surface area contributed by atoms with Crippen molar-refractivity contribution >= 4 is 171 Å². The number of hydrogen-bond donors (Lipinski definition) is 4. The molecule has 0 saturated heterocycles. The van der Waals surface area contributed by atoms with Crippen LogP contribution in [-0.2, 0) is 87.2 Å². The molecule has 18 rings (SSSR count). The van der Waals surface area contributed by atoms with E-state index in [9.17, 15) is 117 Å². The zero-order valence-electron chi connectivity index (χ0n) is 70.7. The Labute approximate surface area is 782 Å². The van der Waals surface area contributed by atoms with Gasteiger partial charge in [0, 0.05) is 241 Å². The smallest absolute Gasteiger partial charge is 0.550 e. The summed E-state index contributed by atoms with van der Waals surface area (Å²) < 4.78 is 0. The number of hydrogen-bond acceptors (Lipinski definition) is 28. The number of aliphatic hydroxyl groups is 4. The van der Waals surface area contributed by atoms with E-state index in [1.165, 1.54) is 0 Å². The average molecular weight is 1930 g/mol. The Morgan fingerprint density at radius 2 is 0.267 bits per heavy atom. The molecule has 0 spiro atoms. The number of carboxylic acids is 6. The second-order valence-corrected chi connectivity index (χ2v) is 27.6. The molecule has 37 heteroatoms. The molecule has 0 radical (unpaired) electrons. The number of aliphatic hydroxyl groups excluding tert-OH is 4. The van der Waals surface area contributed by atoms with Crippen molar-refractivity contribution in [3.63, 3.8) is 0 Å². The van der Waals surface area contributed by atoms with Gasteiger partial charge in [-0.1, -0.05) is 146 Å². The number of rotatable bonds is 18. The van der Waals surface area contributed by atoms with Gasteiger partial charge in [-0.05, 0) is 105 Å². The summed E-state index contributed by atoms with van der Waals surface area (Å²) in [5.74, 6) is -13.2. The van der Waals surface area contributed by atoms with Crippen molar-refractivity contribution in [3.05, 3.63) is 285 Å². The maximum atomic E-state index is 12.3. The Kier molecular flexibility index (Phi) is 38.7. The van der Waals surface area contributed by atoms with Crippen LogP contribution in [0.2, 0.25) is 0 Å². The molecule has 0 saturated carbocycles. The Morgan fingerprint density at radius 3 is 0.344 bits per heavy atom. The molecule has 656 valence electrons. The van der Waals surface area contributed by atoms with Gasteiger partial charge >= 0.3 is 58.4 Å². The summed E-state index contributed by atoms with van der Waals surface area (Å²) in [7, 11) is 4.00. The van der Waals surface area contributed by atoms with E-state index in [2.05, 4.69) is 0 Å². The van der Waals surface area contributed by atoms with Crippen LogP contribution >= 0.6 is 0 Å². The summed E-state index contributed by atoms with van der Waals surface area (Å²) >= 11 is 0. The first-order chi connectivity index (χ1) is 61.6. The third kappa shape index (κ3) is 22.8. The topological polar surface area (TPSA) is 546 Å². The van der Waals surface area contributed by atoms with Crippen molar-refractivity contribution in [2.45, 2.75) is 38.5 Å². The second-order valence-electron chi connectivity index (χ2n) is 27.6. The molecule has 12 amide bonds. The molecule has 12 aromatic carbocycles. The largest absolute Gasteiger partial charge is 2.00 e. The molecule has 131 heavy (non-hydrogen) atoms. The third-order valence-corrected chi connectivity index (χ3v) is 20.4. The van der Waals surface area contributed by atoms with E-state index < -0.39 is 107 Å². The first-order valence-electron chi connectivity index (χ1n) is 38.8. The van der Waals surface area contributed by atoms with Gasteiger partial charge in [0.15, 0.2) is 0 Å².